The molecular weight excluding hydrogens is 280 g/mol. The first-order valence-corrected chi connectivity index (χ1v) is 8.20. The summed E-state index contributed by atoms with van der Waals surface area (Å²) in [5.41, 5.74) is 6.58. The molecule has 22 heavy (non-hydrogen) atoms. The molecule has 0 fully saturated rings. The number of fused-ring (bicyclic) bond motifs is 1. The fourth-order valence-corrected chi connectivity index (χ4v) is 2.47. The van der Waals surface area contributed by atoms with Crippen LogP contribution < -0.4 is 20.3 Å². The Morgan fingerprint density at radius 1 is 1.14 bits per heavy atom. The van der Waals surface area contributed by atoms with E-state index >= 15 is 0 Å². The second kappa shape index (κ2) is 8.63. The van der Waals surface area contributed by atoms with Crippen molar-refractivity contribution < 1.29 is 14.3 Å². The number of carbonyl (C=O) groups excluding carboxylic acids is 1. The van der Waals surface area contributed by atoms with Gasteiger partial charge in [-0.3, -0.25) is 10.2 Å². The number of unbranched alkanes of at least 4 members (excludes halogenated alkanes) is 2. The molecule has 1 heterocycles. The van der Waals surface area contributed by atoms with Crippen molar-refractivity contribution in [2.24, 2.45) is 0 Å². The van der Waals surface area contributed by atoms with Crippen molar-refractivity contribution in [1.82, 2.24) is 10.9 Å². The molecule has 0 aromatic heterocycles. The van der Waals surface area contributed by atoms with E-state index in [0.29, 0.717) is 23.1 Å². The van der Waals surface area contributed by atoms with Gasteiger partial charge >= 0.3 is 0 Å². The van der Waals surface area contributed by atoms with Crippen LogP contribution in [0.3, 0.4) is 0 Å². The summed E-state index contributed by atoms with van der Waals surface area (Å²) < 4.78 is 10.5. The van der Waals surface area contributed by atoms with Gasteiger partial charge in [-0.15, -0.1) is 0 Å². The fraction of sp³-hybridized carbons (Fsp3) is 0.588. The van der Waals surface area contributed by atoms with Crippen molar-refractivity contribution in [2.45, 2.75) is 58.4 Å². The molecule has 5 heteroatoms. The lowest BCUT2D eigenvalue weighted by atomic mass is 10.0. The van der Waals surface area contributed by atoms with Crippen molar-refractivity contribution in [1.29, 1.82) is 0 Å². The van der Waals surface area contributed by atoms with Crippen LogP contribution in [0.1, 0.15) is 62.7 Å². The maximum Gasteiger partial charge on any atom is 0.265 e. The van der Waals surface area contributed by atoms with Gasteiger partial charge in [0, 0.05) is 11.6 Å². The monoisotopic (exact) mass is 306 g/mol. The Morgan fingerprint density at radius 2 is 1.82 bits per heavy atom. The predicted molar refractivity (Wildman–Crippen MR) is 86.0 cm³/mol. The molecule has 2 rings (SSSR count). The molecule has 1 aliphatic heterocycles. The molecule has 1 aromatic carbocycles. The van der Waals surface area contributed by atoms with E-state index < -0.39 is 0 Å². The van der Waals surface area contributed by atoms with Crippen molar-refractivity contribution >= 4 is 5.91 Å². The summed E-state index contributed by atoms with van der Waals surface area (Å²) in [4.78, 5) is 12.2. The van der Waals surface area contributed by atoms with Crippen molar-refractivity contribution in [3.63, 3.8) is 0 Å². The zero-order chi connectivity index (χ0) is 15.8. The van der Waals surface area contributed by atoms with Crippen LogP contribution >= 0.6 is 0 Å². The zero-order valence-electron chi connectivity index (χ0n) is 13.5. The van der Waals surface area contributed by atoms with Gasteiger partial charge in [0.15, 0.2) is 11.5 Å². The summed E-state index contributed by atoms with van der Waals surface area (Å²) >= 11 is 0. The molecule has 0 atom stereocenters. The molecular formula is C17H26N2O3. The topological polar surface area (TPSA) is 59.6 Å². The maximum absolute atomic E-state index is 12.2. The predicted octanol–water partition coefficient (Wildman–Crippen LogP) is 3.40. The second-order valence-electron chi connectivity index (χ2n) is 5.65. The molecule has 1 aliphatic rings. The highest BCUT2D eigenvalue weighted by Crippen LogP contribution is 2.32. The highest BCUT2D eigenvalue weighted by Gasteiger charge is 2.16. The van der Waals surface area contributed by atoms with Gasteiger partial charge < -0.3 is 9.47 Å². The van der Waals surface area contributed by atoms with E-state index in [1.54, 1.807) is 18.2 Å². The summed E-state index contributed by atoms with van der Waals surface area (Å²) in [6, 6.07) is 5.56. The van der Waals surface area contributed by atoms with E-state index in [9.17, 15) is 4.79 Å². The van der Waals surface area contributed by atoms with E-state index in [1.807, 2.05) is 0 Å². The Balaban J connectivity index is 1.86. The number of hydrogen-bond donors (Lipinski definition) is 2. The number of amides is 1. The lowest BCUT2D eigenvalue weighted by molar-refractivity contribution is 0.0921. The molecule has 0 radical (unpaired) electrons. The summed E-state index contributed by atoms with van der Waals surface area (Å²) in [6.07, 6.45) is 6.83. The highest BCUT2D eigenvalue weighted by atomic mass is 16.7. The molecule has 5 nitrogen and oxygen atoms in total. The van der Waals surface area contributed by atoms with Gasteiger partial charge in [-0.2, -0.15) is 0 Å². The third-order valence-corrected chi connectivity index (χ3v) is 3.84. The Morgan fingerprint density at radius 3 is 2.50 bits per heavy atom. The molecule has 1 amide bonds. The largest absolute Gasteiger partial charge is 0.454 e. The van der Waals surface area contributed by atoms with Gasteiger partial charge in [-0.05, 0) is 31.0 Å². The average molecular weight is 306 g/mol. The lowest BCUT2D eigenvalue weighted by Gasteiger charge is -2.19. The molecule has 0 spiro atoms. The SMILES string of the molecule is CCCCC(CCCC)NNC(=O)c1ccc2c(c1)OCO2. The van der Waals surface area contributed by atoms with Crippen LogP contribution in [0, 0.1) is 0 Å². The standard InChI is InChI=1S/C17H26N2O3/c1-3-5-7-14(8-6-4-2)18-19-17(20)13-9-10-15-16(11-13)22-12-21-15/h9-11,14,18H,3-8,12H2,1-2H3,(H,19,20). The number of hydrogen-bond acceptors (Lipinski definition) is 4. The first kappa shape index (κ1) is 16.6. The number of benzene rings is 1. The summed E-state index contributed by atoms with van der Waals surface area (Å²) in [7, 11) is 0. The quantitative estimate of drug-likeness (QED) is 0.687. The molecule has 0 unspecified atom stereocenters. The normalized spacial score (nSPS) is 12.7. The Labute approximate surface area is 132 Å². The Bertz CT molecular complexity index is 483. The summed E-state index contributed by atoms with van der Waals surface area (Å²) in [5.74, 6) is 1.17. The number of hydrazine groups is 1. The number of ether oxygens (including phenoxy) is 2. The van der Waals surface area contributed by atoms with Gasteiger partial charge in [-0.1, -0.05) is 39.5 Å². The lowest BCUT2D eigenvalue weighted by Crippen LogP contribution is -2.44. The van der Waals surface area contributed by atoms with Crippen LogP contribution in [-0.4, -0.2) is 18.7 Å². The number of carbonyl (C=O) groups is 1. The van der Waals surface area contributed by atoms with Gasteiger partial charge in [0.25, 0.3) is 5.91 Å². The van der Waals surface area contributed by atoms with Crippen LogP contribution in [0.4, 0.5) is 0 Å². The van der Waals surface area contributed by atoms with E-state index in [4.69, 9.17) is 9.47 Å². The molecule has 0 saturated heterocycles. The van der Waals surface area contributed by atoms with Crippen molar-refractivity contribution in [3.05, 3.63) is 23.8 Å². The van der Waals surface area contributed by atoms with Crippen molar-refractivity contribution in [2.75, 3.05) is 6.79 Å². The molecule has 0 aliphatic carbocycles. The summed E-state index contributed by atoms with van der Waals surface area (Å²) in [6.45, 7) is 4.58. The van der Waals surface area contributed by atoms with Crippen LogP contribution in [0.5, 0.6) is 11.5 Å². The van der Waals surface area contributed by atoms with Crippen molar-refractivity contribution in [3.8, 4) is 11.5 Å². The average Bonchev–Trinajstić information content (AvgIpc) is 3.01. The third kappa shape index (κ3) is 4.63. The first-order valence-electron chi connectivity index (χ1n) is 8.20. The van der Waals surface area contributed by atoms with Gasteiger partial charge in [0.2, 0.25) is 6.79 Å². The number of nitrogens with one attached hydrogen (secondary N) is 2. The van der Waals surface area contributed by atoms with Gasteiger partial charge in [0.1, 0.15) is 0 Å². The van der Waals surface area contributed by atoms with E-state index in [-0.39, 0.29) is 12.7 Å². The molecule has 1 aromatic rings. The maximum atomic E-state index is 12.2. The smallest absolute Gasteiger partial charge is 0.265 e. The summed E-state index contributed by atoms with van der Waals surface area (Å²) in [5, 5.41) is 0. The van der Waals surface area contributed by atoms with Crippen LogP contribution in [0.15, 0.2) is 18.2 Å². The first-order chi connectivity index (χ1) is 10.7. The Kier molecular flexibility index (Phi) is 6.52. The Hall–Kier alpha value is -1.75. The van der Waals surface area contributed by atoms with Crippen LogP contribution in [0.25, 0.3) is 0 Å². The second-order valence-corrected chi connectivity index (χ2v) is 5.65. The van der Waals surface area contributed by atoms with E-state index in [0.717, 1.165) is 12.8 Å². The van der Waals surface area contributed by atoms with Gasteiger partial charge in [-0.25, -0.2) is 5.43 Å². The molecule has 0 saturated carbocycles. The van der Waals surface area contributed by atoms with E-state index in [2.05, 4.69) is 24.7 Å². The van der Waals surface area contributed by atoms with Gasteiger partial charge in [0.05, 0.1) is 0 Å². The van der Waals surface area contributed by atoms with E-state index in [1.165, 1.54) is 25.7 Å². The minimum atomic E-state index is -0.142. The highest BCUT2D eigenvalue weighted by molar-refractivity contribution is 5.94. The zero-order valence-corrected chi connectivity index (χ0v) is 13.5. The minimum absolute atomic E-state index is 0.142. The fourth-order valence-electron chi connectivity index (χ4n) is 2.47. The minimum Gasteiger partial charge on any atom is -0.454 e. The molecule has 0 bridgehead atoms. The third-order valence-electron chi connectivity index (χ3n) is 3.84. The van der Waals surface area contributed by atoms with Crippen LogP contribution in [-0.2, 0) is 0 Å². The molecule has 2 N–H and O–H groups in total. The number of rotatable bonds is 9. The van der Waals surface area contributed by atoms with Crippen LogP contribution in [0.2, 0.25) is 0 Å². The molecule has 122 valence electrons.